The second kappa shape index (κ2) is 8.66. The Hall–Kier alpha value is -1.90. The highest BCUT2D eigenvalue weighted by Crippen LogP contribution is 2.25. The molecular formula is C18H22N2O4S2. The van der Waals surface area contributed by atoms with Gasteiger partial charge in [0, 0.05) is 25.9 Å². The summed E-state index contributed by atoms with van der Waals surface area (Å²) < 4.78 is 30.6. The van der Waals surface area contributed by atoms with E-state index in [1.54, 1.807) is 37.3 Å². The fourth-order valence-corrected chi connectivity index (χ4v) is 3.86. The fraction of sp³-hybridized carbons (Fsp3) is 0.333. The zero-order valence-electron chi connectivity index (χ0n) is 15.2. The molecule has 2 rings (SSSR count). The van der Waals surface area contributed by atoms with Crippen LogP contribution in [0.3, 0.4) is 0 Å². The van der Waals surface area contributed by atoms with E-state index in [-0.39, 0.29) is 15.9 Å². The number of hydrogen-bond donors (Lipinski definition) is 0. The SMILES string of the molecule is CCOc1ccc(C(=O)C(C)Sc2ccc(S(=O)(=O)N(C)C)cn2)cc1. The molecule has 0 amide bonds. The van der Waals surface area contributed by atoms with Crippen molar-refractivity contribution in [3.63, 3.8) is 0 Å². The molecule has 0 saturated carbocycles. The van der Waals surface area contributed by atoms with Gasteiger partial charge in [0.25, 0.3) is 0 Å². The van der Waals surface area contributed by atoms with Gasteiger partial charge in [0.2, 0.25) is 10.0 Å². The van der Waals surface area contributed by atoms with Gasteiger partial charge in [-0.15, -0.1) is 0 Å². The van der Waals surface area contributed by atoms with Crippen LogP contribution in [0.1, 0.15) is 24.2 Å². The monoisotopic (exact) mass is 394 g/mol. The van der Waals surface area contributed by atoms with Crippen molar-refractivity contribution in [1.29, 1.82) is 0 Å². The Morgan fingerprint density at radius 1 is 1.19 bits per heavy atom. The van der Waals surface area contributed by atoms with E-state index in [2.05, 4.69) is 4.98 Å². The van der Waals surface area contributed by atoms with Crippen LogP contribution >= 0.6 is 11.8 Å². The van der Waals surface area contributed by atoms with Gasteiger partial charge < -0.3 is 4.74 Å². The normalized spacial score (nSPS) is 12.8. The number of carbonyl (C=O) groups is 1. The van der Waals surface area contributed by atoms with Gasteiger partial charge in [-0.25, -0.2) is 17.7 Å². The van der Waals surface area contributed by atoms with E-state index in [0.717, 1.165) is 10.1 Å². The Bertz CT molecular complexity index is 848. The van der Waals surface area contributed by atoms with Crippen LogP contribution < -0.4 is 4.74 Å². The molecule has 0 radical (unpaired) electrons. The van der Waals surface area contributed by atoms with Crippen molar-refractivity contribution in [3.05, 3.63) is 48.2 Å². The molecule has 0 bridgehead atoms. The van der Waals surface area contributed by atoms with Crippen molar-refractivity contribution in [2.24, 2.45) is 0 Å². The molecule has 0 fully saturated rings. The molecule has 6 nitrogen and oxygen atoms in total. The van der Waals surface area contributed by atoms with E-state index < -0.39 is 10.0 Å². The first-order valence-electron chi connectivity index (χ1n) is 8.08. The Labute approximate surface area is 158 Å². The minimum absolute atomic E-state index is 0.0233. The number of rotatable bonds is 8. The van der Waals surface area contributed by atoms with Gasteiger partial charge in [-0.05, 0) is 50.2 Å². The number of aromatic nitrogens is 1. The van der Waals surface area contributed by atoms with Crippen LogP contribution in [0.2, 0.25) is 0 Å². The average Bonchev–Trinajstić information content (AvgIpc) is 2.62. The van der Waals surface area contributed by atoms with E-state index in [9.17, 15) is 13.2 Å². The summed E-state index contributed by atoms with van der Waals surface area (Å²) in [6, 6.07) is 10.1. The molecule has 2 aromatic rings. The summed E-state index contributed by atoms with van der Waals surface area (Å²) in [5, 5.41) is 0.242. The van der Waals surface area contributed by atoms with E-state index in [1.165, 1.54) is 38.1 Å². The molecule has 1 aromatic carbocycles. The van der Waals surface area contributed by atoms with Crippen molar-refractivity contribution in [2.45, 2.75) is 29.0 Å². The molecular weight excluding hydrogens is 372 g/mol. The van der Waals surface area contributed by atoms with Crippen LogP contribution in [0.25, 0.3) is 0 Å². The number of hydrogen-bond acceptors (Lipinski definition) is 6. The molecule has 1 atom stereocenters. The highest BCUT2D eigenvalue weighted by molar-refractivity contribution is 8.00. The number of carbonyl (C=O) groups excluding carboxylic acids is 1. The molecule has 1 aromatic heterocycles. The molecule has 0 N–H and O–H groups in total. The summed E-state index contributed by atoms with van der Waals surface area (Å²) >= 11 is 1.29. The lowest BCUT2D eigenvalue weighted by Gasteiger charge is -2.13. The van der Waals surface area contributed by atoms with Crippen molar-refractivity contribution >= 4 is 27.6 Å². The first kappa shape index (κ1) is 20.4. The number of ketones is 1. The molecule has 0 aliphatic carbocycles. The first-order valence-corrected chi connectivity index (χ1v) is 10.4. The number of sulfonamides is 1. The highest BCUT2D eigenvalue weighted by atomic mass is 32.2. The summed E-state index contributed by atoms with van der Waals surface area (Å²) in [4.78, 5) is 16.8. The van der Waals surface area contributed by atoms with Crippen LogP contribution in [-0.4, -0.2) is 49.4 Å². The third-order valence-electron chi connectivity index (χ3n) is 3.60. The van der Waals surface area contributed by atoms with Crippen LogP contribution in [0.4, 0.5) is 0 Å². The maximum Gasteiger partial charge on any atom is 0.244 e. The molecule has 0 aliphatic heterocycles. The lowest BCUT2D eigenvalue weighted by Crippen LogP contribution is -2.22. The number of benzene rings is 1. The molecule has 0 spiro atoms. The van der Waals surface area contributed by atoms with Gasteiger partial charge in [-0.1, -0.05) is 11.8 Å². The maximum atomic E-state index is 12.5. The van der Waals surface area contributed by atoms with Crippen molar-refractivity contribution in [2.75, 3.05) is 20.7 Å². The first-order chi connectivity index (χ1) is 12.3. The number of pyridine rings is 1. The van der Waals surface area contributed by atoms with Crippen LogP contribution in [0.15, 0.2) is 52.5 Å². The highest BCUT2D eigenvalue weighted by Gasteiger charge is 2.20. The summed E-state index contributed by atoms with van der Waals surface area (Å²) in [7, 11) is -0.572. The molecule has 0 aliphatic rings. The van der Waals surface area contributed by atoms with E-state index >= 15 is 0 Å². The zero-order chi connectivity index (χ0) is 19.3. The molecule has 0 saturated heterocycles. The molecule has 26 heavy (non-hydrogen) atoms. The van der Waals surface area contributed by atoms with Crippen molar-refractivity contribution in [3.8, 4) is 5.75 Å². The number of nitrogens with zero attached hydrogens (tertiary/aromatic N) is 2. The average molecular weight is 395 g/mol. The van der Waals surface area contributed by atoms with Crippen molar-refractivity contribution < 1.29 is 17.9 Å². The van der Waals surface area contributed by atoms with E-state index in [0.29, 0.717) is 17.2 Å². The van der Waals surface area contributed by atoms with E-state index in [1.807, 2.05) is 6.92 Å². The lowest BCUT2D eigenvalue weighted by molar-refractivity contribution is 0.0994. The standard InChI is InChI=1S/C18H22N2O4S2/c1-5-24-15-8-6-14(7-9-15)18(21)13(2)25-17-11-10-16(12-19-17)26(22,23)20(3)4/h6-13H,5H2,1-4H3. The Morgan fingerprint density at radius 3 is 2.35 bits per heavy atom. The van der Waals surface area contributed by atoms with Crippen LogP contribution in [-0.2, 0) is 10.0 Å². The third kappa shape index (κ3) is 4.84. The minimum Gasteiger partial charge on any atom is -0.494 e. The molecule has 140 valence electrons. The number of Topliss-reactive ketones (excluding diaryl/α,β-unsaturated/α-hetero) is 1. The topological polar surface area (TPSA) is 76.6 Å². The fourth-order valence-electron chi connectivity index (χ4n) is 2.15. The molecule has 1 unspecified atom stereocenters. The second-order valence-electron chi connectivity index (χ2n) is 5.70. The quantitative estimate of drug-likeness (QED) is 0.506. The number of thioether (sulfide) groups is 1. The predicted octanol–water partition coefficient (Wildman–Crippen LogP) is 3.09. The Morgan fingerprint density at radius 2 is 1.85 bits per heavy atom. The minimum atomic E-state index is -3.51. The Balaban J connectivity index is 2.07. The van der Waals surface area contributed by atoms with Gasteiger partial charge in [0.05, 0.1) is 16.9 Å². The van der Waals surface area contributed by atoms with Crippen LogP contribution in [0, 0.1) is 0 Å². The van der Waals surface area contributed by atoms with Gasteiger partial charge in [-0.2, -0.15) is 0 Å². The summed E-state index contributed by atoms with van der Waals surface area (Å²) in [5.74, 6) is 0.702. The van der Waals surface area contributed by atoms with Crippen molar-refractivity contribution in [1.82, 2.24) is 9.29 Å². The lowest BCUT2D eigenvalue weighted by atomic mass is 10.1. The largest absolute Gasteiger partial charge is 0.494 e. The maximum absolute atomic E-state index is 12.5. The van der Waals surface area contributed by atoms with Gasteiger partial charge in [0.1, 0.15) is 10.6 Å². The third-order valence-corrected chi connectivity index (χ3v) is 6.45. The summed E-state index contributed by atoms with van der Waals surface area (Å²) in [6.45, 7) is 4.28. The van der Waals surface area contributed by atoms with Gasteiger partial charge in [-0.3, -0.25) is 4.79 Å². The molecule has 1 heterocycles. The summed E-state index contributed by atoms with van der Waals surface area (Å²) in [6.07, 6.45) is 1.31. The predicted molar refractivity (Wildman–Crippen MR) is 102 cm³/mol. The Kier molecular flexibility index (Phi) is 6.80. The summed E-state index contributed by atoms with van der Waals surface area (Å²) in [5.41, 5.74) is 0.597. The van der Waals surface area contributed by atoms with Gasteiger partial charge in [0.15, 0.2) is 5.78 Å². The number of ether oxygens (including phenoxy) is 1. The van der Waals surface area contributed by atoms with Crippen LogP contribution in [0.5, 0.6) is 5.75 Å². The second-order valence-corrected chi connectivity index (χ2v) is 9.21. The van der Waals surface area contributed by atoms with E-state index in [4.69, 9.17) is 4.74 Å². The smallest absolute Gasteiger partial charge is 0.244 e. The van der Waals surface area contributed by atoms with Gasteiger partial charge >= 0.3 is 0 Å². The molecule has 8 heteroatoms. The zero-order valence-corrected chi connectivity index (χ0v) is 16.8.